The van der Waals surface area contributed by atoms with Crippen LogP contribution in [0.2, 0.25) is 0 Å². The largest absolute Gasteiger partial charge is 0.507 e. The van der Waals surface area contributed by atoms with Gasteiger partial charge in [-0.3, -0.25) is 34.2 Å². The zero-order valence-electron chi connectivity index (χ0n) is 40.5. The number of nitro groups is 1. The summed E-state index contributed by atoms with van der Waals surface area (Å²) in [5, 5.41) is 60.3. The van der Waals surface area contributed by atoms with E-state index in [1.54, 1.807) is 6.92 Å². The number of rotatable bonds is 23. The van der Waals surface area contributed by atoms with Gasteiger partial charge in [0.05, 0.1) is 105 Å². The number of aliphatic hydroxyl groups excluding tert-OH is 1. The number of nitrogens with one attached hydrogen (secondary N) is 1. The van der Waals surface area contributed by atoms with Gasteiger partial charge in [0.2, 0.25) is 5.78 Å². The van der Waals surface area contributed by atoms with Gasteiger partial charge < -0.3 is 78.8 Å². The number of hydrogen-bond donors (Lipinski definition) is 6. The normalized spacial score (nSPS) is 22.3. The number of phenols is 2. The molecule has 4 aliphatic rings. The fraction of sp³-hybridized carbons (Fsp3) is 0.521. The van der Waals surface area contributed by atoms with Crippen molar-refractivity contribution in [1.82, 2.24) is 10.2 Å². The number of Topliss-reactive ketones (excluding diaryl/α,β-unsaturated/α-hetero) is 1. The van der Waals surface area contributed by atoms with Gasteiger partial charge >= 0.3 is 6.09 Å². The molecule has 73 heavy (non-hydrogen) atoms. The molecule has 25 heteroatoms. The molecule has 0 spiro atoms. The molecule has 2 fully saturated rings. The second-order valence-electron chi connectivity index (χ2n) is 17.4. The molecule has 3 aromatic rings. The minimum atomic E-state index is -2.41. The first-order valence-corrected chi connectivity index (χ1v) is 23.3. The lowest BCUT2D eigenvalue weighted by Crippen LogP contribution is -2.52. The van der Waals surface area contributed by atoms with E-state index in [0.717, 1.165) is 6.07 Å². The van der Waals surface area contributed by atoms with Gasteiger partial charge in [0.1, 0.15) is 48.4 Å². The Balaban J connectivity index is 1.03. The van der Waals surface area contributed by atoms with Crippen molar-refractivity contribution >= 4 is 35.0 Å². The number of phenolic OH excluding ortho intramolecular Hbond substituents is 2. The molecule has 7 rings (SSSR count). The number of methoxy groups -OCH3 is 2. The molecule has 0 radical (unpaired) electrons. The van der Waals surface area contributed by atoms with Gasteiger partial charge in [0, 0.05) is 49.0 Å². The molecule has 0 aromatic heterocycles. The molecule has 2 heterocycles. The van der Waals surface area contributed by atoms with Crippen LogP contribution in [0, 0.1) is 10.1 Å². The molecular formula is C48H58N4O21. The molecule has 3 aromatic carbocycles. The average molecular weight is 1030 g/mol. The van der Waals surface area contributed by atoms with Crippen molar-refractivity contribution in [2.45, 2.75) is 75.5 Å². The van der Waals surface area contributed by atoms with Crippen LogP contribution in [-0.4, -0.2) is 177 Å². The van der Waals surface area contributed by atoms with Crippen LogP contribution in [0.3, 0.4) is 0 Å². The summed E-state index contributed by atoms with van der Waals surface area (Å²) in [4.78, 5) is 80.5. The highest BCUT2D eigenvalue weighted by atomic mass is 16.7. The number of aliphatic hydroxyl groups is 2. The van der Waals surface area contributed by atoms with Crippen LogP contribution in [0.25, 0.3) is 0 Å². The Hall–Kier alpha value is -6.55. The number of fused-ring (bicyclic) bond motifs is 4. The molecule has 396 valence electrons. The quantitative estimate of drug-likeness (QED) is 0.0266. The number of aromatic hydroxyl groups is 2. The lowest BCUT2D eigenvalue weighted by atomic mass is 9.72. The Kier molecular flexibility index (Phi) is 17.5. The van der Waals surface area contributed by atoms with Gasteiger partial charge in [-0.15, -0.1) is 0 Å². The molecule has 2 amide bonds. The smallest absolute Gasteiger partial charge is 0.412 e. The molecule has 7 atom stereocenters. The third-order valence-corrected chi connectivity index (χ3v) is 12.9. The maximum Gasteiger partial charge on any atom is 0.412 e. The van der Waals surface area contributed by atoms with Gasteiger partial charge in [0.25, 0.3) is 11.6 Å². The molecular weight excluding hydrogens is 969 g/mol. The van der Waals surface area contributed by atoms with Crippen molar-refractivity contribution in [3.05, 3.63) is 79.4 Å². The Morgan fingerprint density at radius 1 is 0.959 bits per heavy atom. The third-order valence-electron chi connectivity index (χ3n) is 12.9. The van der Waals surface area contributed by atoms with E-state index in [1.165, 1.54) is 50.3 Å². The predicted octanol–water partition coefficient (Wildman–Crippen LogP) is 1.66. The Bertz CT molecular complexity index is 2590. The van der Waals surface area contributed by atoms with Gasteiger partial charge in [-0.2, -0.15) is 0 Å². The SMILES string of the molecule is COc1cc(C(C)OC(=O)N2COC3C(C)OC(OC4CC(O)(C(=O)CO)Cc5c(O)c6c(c(O)c54)C(=O)c4c(OC)cccc4C6=O)CC32)c([N+](=O)[O-])cc1OCC(=O)NCCOCCOCCOCCN. The monoisotopic (exact) mass is 1030 g/mol. The van der Waals surface area contributed by atoms with E-state index in [2.05, 4.69) is 5.32 Å². The van der Waals surface area contributed by atoms with Crippen LogP contribution >= 0.6 is 0 Å². The lowest BCUT2D eigenvalue weighted by molar-refractivity contribution is -0.386. The van der Waals surface area contributed by atoms with Crippen LogP contribution in [0.5, 0.6) is 28.7 Å². The van der Waals surface area contributed by atoms with Crippen molar-refractivity contribution in [2.24, 2.45) is 5.73 Å². The number of benzene rings is 3. The Morgan fingerprint density at radius 3 is 2.32 bits per heavy atom. The number of amides is 2. The summed E-state index contributed by atoms with van der Waals surface area (Å²) in [5.41, 5.74) is 0.433. The number of nitrogens with zero attached hydrogens (tertiary/aromatic N) is 2. The summed E-state index contributed by atoms with van der Waals surface area (Å²) in [5.74, 6) is -4.98. The van der Waals surface area contributed by atoms with E-state index in [9.17, 15) is 54.5 Å². The number of ether oxygens (including phenoxy) is 10. The fourth-order valence-corrected chi connectivity index (χ4v) is 9.37. The van der Waals surface area contributed by atoms with Crippen molar-refractivity contribution in [2.75, 3.05) is 86.9 Å². The van der Waals surface area contributed by atoms with Gasteiger partial charge in [-0.1, -0.05) is 12.1 Å². The molecule has 2 aliphatic heterocycles. The highest BCUT2D eigenvalue weighted by molar-refractivity contribution is 6.31. The summed E-state index contributed by atoms with van der Waals surface area (Å²) < 4.78 is 56.6. The summed E-state index contributed by atoms with van der Waals surface area (Å²) in [6.07, 6.45) is -8.09. The zero-order chi connectivity index (χ0) is 52.7. The van der Waals surface area contributed by atoms with Crippen molar-refractivity contribution in [3.8, 4) is 28.7 Å². The summed E-state index contributed by atoms with van der Waals surface area (Å²) in [7, 11) is 2.57. The van der Waals surface area contributed by atoms with Crippen LogP contribution in [-0.2, 0) is 49.2 Å². The van der Waals surface area contributed by atoms with E-state index in [-0.39, 0.29) is 78.0 Å². The summed E-state index contributed by atoms with van der Waals surface area (Å²) in [6, 6.07) is 5.71. The van der Waals surface area contributed by atoms with Crippen molar-refractivity contribution in [1.29, 1.82) is 0 Å². The van der Waals surface area contributed by atoms with Gasteiger partial charge in [0.15, 0.2) is 36.0 Å². The Labute approximate surface area is 417 Å². The maximum atomic E-state index is 14.1. The third kappa shape index (κ3) is 11.3. The first-order chi connectivity index (χ1) is 35.0. The zero-order valence-corrected chi connectivity index (χ0v) is 40.5. The molecule has 0 saturated carbocycles. The van der Waals surface area contributed by atoms with Crippen molar-refractivity contribution in [3.63, 3.8) is 0 Å². The second-order valence-corrected chi connectivity index (χ2v) is 17.4. The van der Waals surface area contributed by atoms with Gasteiger partial charge in [-0.25, -0.2) is 4.79 Å². The minimum absolute atomic E-state index is 0.00637. The first kappa shape index (κ1) is 54.2. The highest BCUT2D eigenvalue weighted by Gasteiger charge is 2.52. The van der Waals surface area contributed by atoms with E-state index in [1.807, 2.05) is 0 Å². The van der Waals surface area contributed by atoms with E-state index < -0.39 is 131 Å². The number of nitrogens with two attached hydrogens (primary N) is 1. The number of carbonyl (C=O) groups is 5. The molecule has 25 nitrogen and oxygen atoms in total. The lowest BCUT2D eigenvalue weighted by Gasteiger charge is -2.42. The summed E-state index contributed by atoms with van der Waals surface area (Å²) in [6.45, 7) is 3.67. The Morgan fingerprint density at radius 2 is 1.64 bits per heavy atom. The van der Waals surface area contributed by atoms with E-state index in [4.69, 9.17) is 53.1 Å². The molecule has 7 unspecified atom stereocenters. The van der Waals surface area contributed by atoms with Crippen molar-refractivity contribution < 1.29 is 96.7 Å². The average Bonchev–Trinajstić information content (AvgIpc) is 3.81. The second kappa shape index (κ2) is 23.5. The highest BCUT2D eigenvalue weighted by Crippen LogP contribution is 2.53. The number of ketones is 3. The number of nitro benzene ring substituents is 1. The molecule has 0 bridgehead atoms. The minimum Gasteiger partial charge on any atom is -0.507 e. The standard InChI is InChI=1S/C48H58N4O21/c1-24(27-16-32(65-4)33(17-29(27)52(62)63)69-22-36(55)50-9-11-67-13-15-68-14-12-66-10-8-49)72-47(60)51-23-70-46-25(2)71-37(18-30(46)51)73-34-20-48(61,35(54)21-53)19-28-39(34)45(59)41-40(43(28)57)42(56)26-6-5-7-31(64-3)38(26)44(41)58/h5-7,16-17,24-25,30,34,37,46,53,57,59,61H,8-15,18-23,49H2,1-4H3,(H,50,55). The summed E-state index contributed by atoms with van der Waals surface area (Å²) >= 11 is 0. The molecule has 7 N–H and O–H groups in total. The van der Waals surface area contributed by atoms with Crippen LogP contribution in [0.4, 0.5) is 10.5 Å². The van der Waals surface area contributed by atoms with Crippen LogP contribution < -0.4 is 25.3 Å². The molecule has 2 saturated heterocycles. The van der Waals surface area contributed by atoms with Gasteiger partial charge in [-0.05, 0) is 26.0 Å². The fourth-order valence-electron chi connectivity index (χ4n) is 9.37. The number of carbonyl (C=O) groups excluding carboxylic acids is 5. The molecule has 2 aliphatic carbocycles. The maximum absolute atomic E-state index is 14.1. The van der Waals surface area contributed by atoms with E-state index >= 15 is 0 Å². The van der Waals surface area contributed by atoms with E-state index in [0.29, 0.717) is 33.0 Å². The van der Waals surface area contributed by atoms with Crippen LogP contribution in [0.1, 0.15) is 87.4 Å². The first-order valence-electron chi connectivity index (χ1n) is 23.3. The van der Waals surface area contributed by atoms with Crippen LogP contribution in [0.15, 0.2) is 30.3 Å². The predicted molar refractivity (Wildman–Crippen MR) is 248 cm³/mol. The topological polar surface area (TPSA) is 343 Å². The number of hydrogen-bond acceptors (Lipinski definition) is 22.